The van der Waals surface area contributed by atoms with E-state index >= 15 is 0 Å². The van der Waals surface area contributed by atoms with Gasteiger partial charge in [0.25, 0.3) is 0 Å². The van der Waals surface area contributed by atoms with Gasteiger partial charge in [0.1, 0.15) is 0 Å². The minimum Gasteiger partial charge on any atom is -0.264 e. The van der Waals surface area contributed by atoms with E-state index in [0.717, 1.165) is 21.4 Å². The smallest absolute Gasteiger partial charge is 0.0794 e. The quantitative estimate of drug-likeness (QED) is 0.722. The van der Waals surface area contributed by atoms with Crippen molar-refractivity contribution in [1.82, 2.24) is 14.8 Å². The van der Waals surface area contributed by atoms with Gasteiger partial charge in [0.05, 0.1) is 17.6 Å². The predicted molar refractivity (Wildman–Crippen MR) is 74.5 cm³/mol. The maximum atomic E-state index is 4.38. The van der Waals surface area contributed by atoms with Crippen molar-refractivity contribution in [2.75, 3.05) is 0 Å². The highest BCUT2D eigenvalue weighted by Crippen LogP contribution is 2.26. The molecule has 0 atom stereocenters. The average molecular weight is 300 g/mol. The summed E-state index contributed by atoms with van der Waals surface area (Å²) in [5, 5.41) is 4.38. The van der Waals surface area contributed by atoms with Gasteiger partial charge in [-0.3, -0.25) is 4.98 Å². The first-order valence-corrected chi connectivity index (χ1v) is 6.35. The Bertz CT molecular complexity index is 662. The average Bonchev–Trinajstić information content (AvgIpc) is 2.89. The normalized spacial score (nSPS) is 10.5. The fraction of sp³-hybridized carbons (Fsp3) is 0. The minimum atomic E-state index is 1.01. The highest BCUT2D eigenvalue weighted by molar-refractivity contribution is 9.10. The van der Waals surface area contributed by atoms with E-state index in [0.29, 0.717) is 0 Å². The van der Waals surface area contributed by atoms with E-state index in [9.17, 15) is 0 Å². The largest absolute Gasteiger partial charge is 0.264 e. The first kappa shape index (κ1) is 11.2. The maximum Gasteiger partial charge on any atom is 0.0794 e. The maximum absolute atomic E-state index is 4.38. The molecule has 0 aliphatic heterocycles. The van der Waals surface area contributed by atoms with Gasteiger partial charge in [-0.15, -0.1) is 0 Å². The lowest BCUT2D eigenvalue weighted by atomic mass is 10.2. The number of benzene rings is 1. The van der Waals surface area contributed by atoms with Gasteiger partial charge in [-0.05, 0) is 46.3 Å². The van der Waals surface area contributed by atoms with Crippen LogP contribution in [-0.4, -0.2) is 14.8 Å². The summed E-state index contributed by atoms with van der Waals surface area (Å²) in [6.07, 6.45) is 5.40. The molecule has 18 heavy (non-hydrogen) atoms. The molecular formula is C14H10BrN3. The standard InChI is InChI=1S/C14H10BrN3/c15-12-5-1-2-6-14(12)18-13(7-9-17-18)11-4-3-8-16-10-11/h1-10H. The van der Waals surface area contributed by atoms with Crippen molar-refractivity contribution in [3.63, 3.8) is 0 Å². The van der Waals surface area contributed by atoms with E-state index in [1.54, 1.807) is 12.4 Å². The number of nitrogens with zero attached hydrogens (tertiary/aromatic N) is 3. The summed E-state index contributed by atoms with van der Waals surface area (Å²) in [7, 11) is 0. The monoisotopic (exact) mass is 299 g/mol. The Balaban J connectivity index is 2.16. The third-order valence-electron chi connectivity index (χ3n) is 2.68. The summed E-state index contributed by atoms with van der Waals surface area (Å²) < 4.78 is 2.92. The molecule has 0 aliphatic carbocycles. The van der Waals surface area contributed by atoms with E-state index in [1.165, 1.54) is 0 Å². The van der Waals surface area contributed by atoms with Gasteiger partial charge in [-0.2, -0.15) is 5.10 Å². The highest BCUT2D eigenvalue weighted by Gasteiger charge is 2.09. The summed E-state index contributed by atoms with van der Waals surface area (Å²) in [6.45, 7) is 0. The van der Waals surface area contributed by atoms with Crippen molar-refractivity contribution >= 4 is 15.9 Å². The molecule has 0 unspecified atom stereocenters. The van der Waals surface area contributed by atoms with E-state index in [2.05, 4.69) is 26.0 Å². The van der Waals surface area contributed by atoms with E-state index in [4.69, 9.17) is 0 Å². The second-order valence-corrected chi connectivity index (χ2v) is 4.68. The summed E-state index contributed by atoms with van der Waals surface area (Å²) in [5.41, 5.74) is 3.09. The molecule has 4 heteroatoms. The predicted octanol–water partition coefficient (Wildman–Crippen LogP) is 3.70. The molecule has 0 saturated heterocycles. The van der Waals surface area contributed by atoms with Gasteiger partial charge in [0.2, 0.25) is 0 Å². The third-order valence-corrected chi connectivity index (χ3v) is 3.35. The fourth-order valence-electron chi connectivity index (χ4n) is 1.85. The van der Waals surface area contributed by atoms with Crippen LogP contribution in [0.4, 0.5) is 0 Å². The number of hydrogen-bond donors (Lipinski definition) is 0. The Labute approximate surface area is 113 Å². The summed E-state index contributed by atoms with van der Waals surface area (Å²) >= 11 is 3.55. The van der Waals surface area contributed by atoms with Crippen molar-refractivity contribution in [3.05, 3.63) is 65.5 Å². The van der Waals surface area contributed by atoms with Crippen LogP contribution in [0.2, 0.25) is 0 Å². The van der Waals surface area contributed by atoms with Gasteiger partial charge in [-0.25, -0.2) is 4.68 Å². The first-order chi connectivity index (χ1) is 8.86. The Kier molecular flexibility index (Phi) is 2.94. The lowest BCUT2D eigenvalue weighted by Gasteiger charge is -2.08. The Morgan fingerprint density at radius 2 is 1.83 bits per heavy atom. The van der Waals surface area contributed by atoms with Crippen LogP contribution in [-0.2, 0) is 0 Å². The van der Waals surface area contributed by atoms with Crippen molar-refractivity contribution in [2.45, 2.75) is 0 Å². The number of pyridine rings is 1. The molecule has 1 aromatic carbocycles. The van der Waals surface area contributed by atoms with Crippen LogP contribution in [0.5, 0.6) is 0 Å². The van der Waals surface area contributed by atoms with Crippen molar-refractivity contribution in [3.8, 4) is 16.9 Å². The summed E-state index contributed by atoms with van der Waals surface area (Å²) in [4.78, 5) is 4.15. The molecule has 3 aromatic rings. The Morgan fingerprint density at radius 3 is 2.61 bits per heavy atom. The number of hydrogen-bond acceptors (Lipinski definition) is 2. The van der Waals surface area contributed by atoms with E-state index < -0.39 is 0 Å². The molecule has 3 rings (SSSR count). The van der Waals surface area contributed by atoms with Gasteiger partial charge < -0.3 is 0 Å². The third kappa shape index (κ3) is 1.95. The van der Waals surface area contributed by atoms with Crippen molar-refractivity contribution in [2.24, 2.45) is 0 Å². The Morgan fingerprint density at radius 1 is 0.944 bits per heavy atom. The Hall–Kier alpha value is -1.94. The number of para-hydroxylation sites is 1. The second-order valence-electron chi connectivity index (χ2n) is 3.82. The topological polar surface area (TPSA) is 30.7 Å². The number of rotatable bonds is 2. The fourth-order valence-corrected chi connectivity index (χ4v) is 2.30. The molecule has 2 heterocycles. The van der Waals surface area contributed by atoms with Crippen LogP contribution < -0.4 is 0 Å². The molecule has 3 nitrogen and oxygen atoms in total. The summed E-state index contributed by atoms with van der Waals surface area (Å²) in [6, 6.07) is 13.9. The van der Waals surface area contributed by atoms with E-state index in [-0.39, 0.29) is 0 Å². The number of aromatic nitrogens is 3. The molecule has 0 amide bonds. The molecule has 0 fully saturated rings. The molecule has 2 aromatic heterocycles. The van der Waals surface area contributed by atoms with E-state index in [1.807, 2.05) is 53.3 Å². The first-order valence-electron chi connectivity index (χ1n) is 5.55. The van der Waals surface area contributed by atoms with Crippen LogP contribution in [0.3, 0.4) is 0 Å². The van der Waals surface area contributed by atoms with Gasteiger partial charge in [0.15, 0.2) is 0 Å². The molecule has 0 spiro atoms. The molecular weight excluding hydrogens is 290 g/mol. The second kappa shape index (κ2) is 4.74. The van der Waals surface area contributed by atoms with Gasteiger partial charge in [-0.1, -0.05) is 12.1 Å². The van der Waals surface area contributed by atoms with Crippen LogP contribution >= 0.6 is 15.9 Å². The van der Waals surface area contributed by atoms with Crippen molar-refractivity contribution in [1.29, 1.82) is 0 Å². The van der Waals surface area contributed by atoms with Crippen LogP contribution in [0.1, 0.15) is 0 Å². The summed E-state index contributed by atoms with van der Waals surface area (Å²) in [5.74, 6) is 0. The zero-order valence-corrected chi connectivity index (χ0v) is 11.1. The van der Waals surface area contributed by atoms with Crippen LogP contribution in [0, 0.1) is 0 Å². The molecule has 88 valence electrons. The number of halogens is 1. The lowest BCUT2D eigenvalue weighted by molar-refractivity contribution is 0.883. The van der Waals surface area contributed by atoms with Gasteiger partial charge >= 0.3 is 0 Å². The zero-order valence-electron chi connectivity index (χ0n) is 9.49. The van der Waals surface area contributed by atoms with Crippen molar-refractivity contribution < 1.29 is 0 Å². The lowest BCUT2D eigenvalue weighted by Crippen LogP contribution is -1.99. The molecule has 0 saturated carbocycles. The molecule has 0 N–H and O–H groups in total. The molecule has 0 radical (unpaired) electrons. The minimum absolute atomic E-state index is 1.01. The molecule has 0 aliphatic rings. The molecule has 0 bridgehead atoms. The van der Waals surface area contributed by atoms with Crippen LogP contribution in [0.15, 0.2) is 65.5 Å². The highest BCUT2D eigenvalue weighted by atomic mass is 79.9. The SMILES string of the molecule is Brc1ccccc1-n1nccc1-c1cccnc1. The zero-order chi connectivity index (χ0) is 12.4. The van der Waals surface area contributed by atoms with Crippen LogP contribution in [0.25, 0.3) is 16.9 Å². The van der Waals surface area contributed by atoms with Gasteiger partial charge in [0, 0.05) is 22.4 Å².